The number of pyridine rings is 1. The Labute approximate surface area is 134 Å². The molecule has 4 nitrogen and oxygen atoms in total. The predicted molar refractivity (Wildman–Crippen MR) is 92.9 cm³/mol. The molecule has 2 N–H and O–H groups in total. The normalized spacial score (nSPS) is 11.0. The van der Waals surface area contributed by atoms with E-state index in [1.807, 2.05) is 42.5 Å². The van der Waals surface area contributed by atoms with Crippen molar-refractivity contribution < 1.29 is 0 Å². The van der Waals surface area contributed by atoms with Crippen molar-refractivity contribution in [2.45, 2.75) is 6.54 Å². The summed E-state index contributed by atoms with van der Waals surface area (Å²) in [5.74, 6) is 0.949. The first-order chi connectivity index (χ1) is 11.3. The van der Waals surface area contributed by atoms with Gasteiger partial charge in [0, 0.05) is 30.2 Å². The van der Waals surface area contributed by atoms with Gasteiger partial charge in [0.25, 0.3) is 0 Å². The molecule has 2 aromatic heterocycles. The minimum absolute atomic E-state index is 0.748. The van der Waals surface area contributed by atoms with E-state index in [0.29, 0.717) is 0 Å². The lowest BCUT2D eigenvalue weighted by atomic mass is 10.2. The molecular weight excluding hydrogens is 284 g/mol. The van der Waals surface area contributed by atoms with Crippen molar-refractivity contribution in [1.82, 2.24) is 14.5 Å². The molecule has 0 atom stereocenters. The van der Waals surface area contributed by atoms with Gasteiger partial charge in [0.05, 0.1) is 11.0 Å². The van der Waals surface area contributed by atoms with Crippen molar-refractivity contribution in [3.8, 4) is 11.4 Å². The fraction of sp³-hybridized carbons (Fsp3) is 0.0526. The van der Waals surface area contributed by atoms with Crippen LogP contribution in [0.25, 0.3) is 22.4 Å². The summed E-state index contributed by atoms with van der Waals surface area (Å²) < 4.78 is 2.23. The number of imidazole rings is 1. The summed E-state index contributed by atoms with van der Waals surface area (Å²) in [5, 5.41) is 0. The molecule has 0 spiro atoms. The molecular formula is C19H16N4. The Hall–Kier alpha value is -3.14. The van der Waals surface area contributed by atoms with Crippen molar-refractivity contribution in [2.75, 3.05) is 5.73 Å². The SMILES string of the molecule is Nc1ccc(Cn2c(-c3ccncc3)nc3ccccc32)cc1. The molecule has 112 valence electrons. The number of benzene rings is 2. The third-order valence-corrected chi connectivity index (χ3v) is 3.91. The molecule has 0 aliphatic rings. The highest BCUT2D eigenvalue weighted by Crippen LogP contribution is 2.25. The number of nitrogens with zero attached hydrogens (tertiary/aromatic N) is 3. The van der Waals surface area contributed by atoms with Gasteiger partial charge in [-0.15, -0.1) is 0 Å². The summed E-state index contributed by atoms with van der Waals surface area (Å²) in [6, 6.07) is 20.1. The summed E-state index contributed by atoms with van der Waals surface area (Å²) in [5.41, 5.74) is 10.9. The van der Waals surface area contributed by atoms with Gasteiger partial charge < -0.3 is 10.3 Å². The average molecular weight is 300 g/mol. The average Bonchev–Trinajstić information content (AvgIpc) is 2.96. The molecule has 0 saturated heterocycles. The van der Waals surface area contributed by atoms with Gasteiger partial charge in [-0.1, -0.05) is 24.3 Å². The molecule has 23 heavy (non-hydrogen) atoms. The molecule has 2 aromatic carbocycles. The Morgan fingerprint density at radius 3 is 2.39 bits per heavy atom. The van der Waals surface area contributed by atoms with E-state index in [-0.39, 0.29) is 0 Å². The Kier molecular flexibility index (Phi) is 3.27. The quantitative estimate of drug-likeness (QED) is 0.587. The number of fused-ring (bicyclic) bond motifs is 1. The van der Waals surface area contributed by atoms with Crippen LogP contribution in [0, 0.1) is 0 Å². The van der Waals surface area contributed by atoms with Gasteiger partial charge in [-0.2, -0.15) is 0 Å². The Balaban J connectivity index is 1.87. The minimum atomic E-state index is 0.748. The monoisotopic (exact) mass is 300 g/mol. The predicted octanol–water partition coefficient (Wildman–Crippen LogP) is 3.73. The molecule has 0 saturated carbocycles. The third kappa shape index (κ3) is 2.55. The summed E-state index contributed by atoms with van der Waals surface area (Å²) in [4.78, 5) is 8.90. The lowest BCUT2D eigenvalue weighted by molar-refractivity contribution is 0.834. The molecule has 0 bridgehead atoms. The van der Waals surface area contributed by atoms with Crippen LogP contribution in [-0.2, 0) is 6.54 Å². The molecule has 2 heterocycles. The lowest BCUT2D eigenvalue weighted by Gasteiger charge is -2.10. The van der Waals surface area contributed by atoms with Gasteiger partial charge in [-0.3, -0.25) is 4.98 Å². The van der Waals surface area contributed by atoms with E-state index in [4.69, 9.17) is 10.7 Å². The van der Waals surface area contributed by atoms with Gasteiger partial charge in [0.15, 0.2) is 0 Å². The molecule has 0 fully saturated rings. The van der Waals surface area contributed by atoms with Crippen LogP contribution in [0.5, 0.6) is 0 Å². The van der Waals surface area contributed by atoms with Crippen molar-refractivity contribution >= 4 is 16.7 Å². The van der Waals surface area contributed by atoms with E-state index >= 15 is 0 Å². The zero-order chi connectivity index (χ0) is 15.6. The van der Waals surface area contributed by atoms with Crippen LogP contribution in [0.1, 0.15) is 5.56 Å². The van der Waals surface area contributed by atoms with Crippen LogP contribution in [-0.4, -0.2) is 14.5 Å². The highest BCUT2D eigenvalue weighted by molar-refractivity contribution is 5.80. The van der Waals surface area contributed by atoms with E-state index in [1.54, 1.807) is 12.4 Å². The first-order valence-electron chi connectivity index (χ1n) is 7.51. The third-order valence-electron chi connectivity index (χ3n) is 3.91. The molecule has 0 amide bonds. The summed E-state index contributed by atoms with van der Waals surface area (Å²) in [6.45, 7) is 0.748. The molecule has 4 heteroatoms. The summed E-state index contributed by atoms with van der Waals surface area (Å²) in [7, 11) is 0. The van der Waals surface area contributed by atoms with Crippen molar-refractivity contribution in [1.29, 1.82) is 0 Å². The maximum absolute atomic E-state index is 5.79. The molecule has 0 unspecified atom stereocenters. The van der Waals surface area contributed by atoms with Gasteiger partial charge in [-0.05, 0) is 42.0 Å². The number of nitrogen functional groups attached to an aromatic ring is 1. The Morgan fingerprint density at radius 1 is 0.870 bits per heavy atom. The summed E-state index contributed by atoms with van der Waals surface area (Å²) >= 11 is 0. The number of nitrogens with two attached hydrogens (primary N) is 1. The number of hydrogen-bond acceptors (Lipinski definition) is 3. The van der Waals surface area contributed by atoms with Crippen LogP contribution in [0.15, 0.2) is 73.1 Å². The number of aromatic nitrogens is 3. The van der Waals surface area contributed by atoms with Gasteiger partial charge in [0.2, 0.25) is 0 Å². The zero-order valence-corrected chi connectivity index (χ0v) is 12.6. The number of para-hydroxylation sites is 2. The van der Waals surface area contributed by atoms with Gasteiger partial charge in [-0.25, -0.2) is 4.98 Å². The van der Waals surface area contributed by atoms with Gasteiger partial charge >= 0.3 is 0 Å². The van der Waals surface area contributed by atoms with Crippen LogP contribution >= 0.6 is 0 Å². The molecule has 0 aliphatic heterocycles. The van der Waals surface area contributed by atoms with Crippen molar-refractivity contribution in [2.24, 2.45) is 0 Å². The van der Waals surface area contributed by atoms with Crippen molar-refractivity contribution in [3.63, 3.8) is 0 Å². The van der Waals surface area contributed by atoms with E-state index in [1.165, 1.54) is 5.56 Å². The first kappa shape index (κ1) is 13.5. The van der Waals surface area contributed by atoms with Crippen LogP contribution in [0.2, 0.25) is 0 Å². The number of rotatable bonds is 3. The molecule has 0 aliphatic carbocycles. The van der Waals surface area contributed by atoms with E-state index in [9.17, 15) is 0 Å². The maximum atomic E-state index is 5.79. The second-order valence-electron chi connectivity index (χ2n) is 5.49. The second kappa shape index (κ2) is 5.57. The van der Waals surface area contributed by atoms with E-state index in [0.717, 1.165) is 34.7 Å². The van der Waals surface area contributed by atoms with E-state index < -0.39 is 0 Å². The fourth-order valence-electron chi connectivity index (χ4n) is 2.76. The minimum Gasteiger partial charge on any atom is -0.399 e. The molecule has 4 rings (SSSR count). The Morgan fingerprint density at radius 2 is 1.61 bits per heavy atom. The topological polar surface area (TPSA) is 56.7 Å². The molecule has 0 radical (unpaired) electrons. The van der Waals surface area contributed by atoms with Crippen LogP contribution in [0.3, 0.4) is 0 Å². The number of hydrogen-bond donors (Lipinski definition) is 1. The smallest absolute Gasteiger partial charge is 0.141 e. The van der Waals surface area contributed by atoms with Crippen LogP contribution < -0.4 is 5.73 Å². The summed E-state index contributed by atoms with van der Waals surface area (Å²) in [6.07, 6.45) is 3.59. The maximum Gasteiger partial charge on any atom is 0.141 e. The van der Waals surface area contributed by atoms with Crippen LogP contribution in [0.4, 0.5) is 5.69 Å². The van der Waals surface area contributed by atoms with Gasteiger partial charge in [0.1, 0.15) is 5.82 Å². The zero-order valence-electron chi connectivity index (χ0n) is 12.6. The first-order valence-corrected chi connectivity index (χ1v) is 7.51. The lowest BCUT2D eigenvalue weighted by Crippen LogP contribution is -2.02. The van der Waals surface area contributed by atoms with E-state index in [2.05, 4.69) is 27.8 Å². The largest absolute Gasteiger partial charge is 0.399 e. The fourth-order valence-corrected chi connectivity index (χ4v) is 2.76. The highest BCUT2D eigenvalue weighted by Gasteiger charge is 2.12. The second-order valence-corrected chi connectivity index (χ2v) is 5.49. The standard InChI is InChI=1S/C19H16N4/c20-16-7-5-14(6-8-16)13-23-18-4-2-1-3-17(18)22-19(23)15-9-11-21-12-10-15/h1-12H,13,20H2. The molecule has 4 aromatic rings. The Bertz CT molecular complexity index is 940. The van der Waals surface area contributed by atoms with Crippen molar-refractivity contribution in [3.05, 3.63) is 78.6 Å². The number of anilines is 1. The highest BCUT2D eigenvalue weighted by atomic mass is 15.1.